The van der Waals surface area contributed by atoms with Crippen LogP contribution in [0.3, 0.4) is 0 Å². The molecule has 1 amide bonds. The van der Waals surface area contributed by atoms with Crippen LogP contribution >= 0.6 is 0 Å². The van der Waals surface area contributed by atoms with Gasteiger partial charge in [-0.3, -0.25) is 9.78 Å². The van der Waals surface area contributed by atoms with Crippen molar-refractivity contribution in [3.05, 3.63) is 54.4 Å². The number of carbonyl (C=O) groups excluding carboxylic acids is 1. The fraction of sp³-hybridized carbons (Fsp3) is 0.400. The Balaban J connectivity index is 1.52. The third-order valence-electron chi connectivity index (χ3n) is 4.14. The fourth-order valence-electron chi connectivity index (χ4n) is 2.92. The van der Waals surface area contributed by atoms with Crippen LogP contribution in [0.25, 0.3) is 0 Å². The summed E-state index contributed by atoms with van der Waals surface area (Å²) in [6.45, 7) is 5.37. The van der Waals surface area contributed by atoms with E-state index >= 15 is 0 Å². The Morgan fingerprint density at radius 2 is 1.84 bits per heavy atom. The number of piperidine rings is 1. The van der Waals surface area contributed by atoms with E-state index in [-0.39, 0.29) is 18.1 Å². The van der Waals surface area contributed by atoms with E-state index < -0.39 is 0 Å². The molecule has 5 heteroatoms. The molecule has 2 heterocycles. The van der Waals surface area contributed by atoms with E-state index in [1.165, 1.54) is 0 Å². The molecule has 0 N–H and O–H groups in total. The van der Waals surface area contributed by atoms with Gasteiger partial charge in [0.2, 0.25) is 0 Å². The molecule has 1 saturated heterocycles. The molecule has 0 spiro atoms. The van der Waals surface area contributed by atoms with Gasteiger partial charge < -0.3 is 14.4 Å². The molecule has 1 aromatic carbocycles. The molecule has 25 heavy (non-hydrogen) atoms. The van der Waals surface area contributed by atoms with Crippen LogP contribution in [0, 0.1) is 0 Å². The summed E-state index contributed by atoms with van der Waals surface area (Å²) in [5.41, 5.74) is 0.697. The van der Waals surface area contributed by atoms with Gasteiger partial charge in [-0.2, -0.15) is 0 Å². The number of rotatable bonds is 5. The van der Waals surface area contributed by atoms with Crippen molar-refractivity contribution in [3.8, 4) is 11.5 Å². The second kappa shape index (κ2) is 8.01. The minimum absolute atomic E-state index is 0.0657. The van der Waals surface area contributed by atoms with Crippen molar-refractivity contribution in [2.75, 3.05) is 13.1 Å². The van der Waals surface area contributed by atoms with Gasteiger partial charge in [-0.15, -0.1) is 0 Å². The number of pyridine rings is 1. The molecule has 0 aliphatic carbocycles. The number of nitrogens with zero attached hydrogens (tertiary/aromatic N) is 2. The third kappa shape index (κ3) is 4.72. The first-order valence-corrected chi connectivity index (χ1v) is 8.74. The molecule has 2 aromatic rings. The largest absolute Gasteiger partial charge is 0.491 e. The van der Waals surface area contributed by atoms with Gasteiger partial charge in [0.05, 0.1) is 12.3 Å². The molecule has 1 aliphatic rings. The Kier molecular flexibility index (Phi) is 5.53. The van der Waals surface area contributed by atoms with Crippen LogP contribution in [0.5, 0.6) is 11.5 Å². The molecular formula is C20H24N2O3. The minimum atomic E-state index is 0.0657. The minimum Gasteiger partial charge on any atom is -0.491 e. The zero-order valence-electron chi connectivity index (χ0n) is 14.7. The molecule has 1 aliphatic heterocycles. The average Bonchev–Trinajstić information content (AvgIpc) is 2.63. The topological polar surface area (TPSA) is 51.7 Å². The third-order valence-corrected chi connectivity index (χ3v) is 4.14. The van der Waals surface area contributed by atoms with E-state index in [9.17, 15) is 4.79 Å². The zero-order valence-corrected chi connectivity index (χ0v) is 14.7. The maximum absolute atomic E-state index is 12.6. The molecule has 0 radical (unpaired) electrons. The molecule has 0 unspecified atom stereocenters. The van der Waals surface area contributed by atoms with Crippen LogP contribution in [0.15, 0.2) is 48.8 Å². The average molecular weight is 340 g/mol. The Morgan fingerprint density at radius 3 is 2.44 bits per heavy atom. The Morgan fingerprint density at radius 1 is 1.12 bits per heavy atom. The smallest absolute Gasteiger partial charge is 0.253 e. The fourth-order valence-corrected chi connectivity index (χ4v) is 2.92. The van der Waals surface area contributed by atoms with Crippen molar-refractivity contribution in [1.82, 2.24) is 9.88 Å². The van der Waals surface area contributed by atoms with Crippen molar-refractivity contribution < 1.29 is 14.3 Å². The van der Waals surface area contributed by atoms with Gasteiger partial charge >= 0.3 is 0 Å². The summed E-state index contributed by atoms with van der Waals surface area (Å²) >= 11 is 0. The first kappa shape index (κ1) is 17.3. The lowest BCUT2D eigenvalue weighted by atomic mass is 10.1. The van der Waals surface area contributed by atoms with Crippen LogP contribution in [-0.2, 0) is 0 Å². The van der Waals surface area contributed by atoms with E-state index in [0.717, 1.165) is 24.3 Å². The molecular weight excluding hydrogens is 316 g/mol. The maximum atomic E-state index is 12.6. The van der Waals surface area contributed by atoms with Crippen LogP contribution in [0.4, 0.5) is 0 Å². The van der Waals surface area contributed by atoms with Gasteiger partial charge in [0, 0.05) is 37.7 Å². The number of amides is 1. The predicted molar refractivity (Wildman–Crippen MR) is 96.0 cm³/mol. The summed E-state index contributed by atoms with van der Waals surface area (Å²) in [5.74, 6) is 1.64. The van der Waals surface area contributed by atoms with E-state index in [4.69, 9.17) is 9.47 Å². The Hall–Kier alpha value is -2.56. The SMILES string of the molecule is CC(C)Oc1ccc(C(=O)N2CCC(Oc3cccnc3)CC2)cc1. The van der Waals surface area contributed by atoms with Crippen molar-refractivity contribution in [2.24, 2.45) is 0 Å². The van der Waals surface area contributed by atoms with Gasteiger partial charge in [0.25, 0.3) is 5.91 Å². The van der Waals surface area contributed by atoms with Crippen LogP contribution < -0.4 is 9.47 Å². The molecule has 0 bridgehead atoms. The standard InChI is InChI=1S/C20H24N2O3/c1-15(2)24-17-7-5-16(6-8-17)20(23)22-12-9-18(10-13-22)25-19-4-3-11-21-14-19/h3-8,11,14-15,18H,9-10,12-13H2,1-2H3. The molecule has 5 nitrogen and oxygen atoms in total. The first-order valence-electron chi connectivity index (χ1n) is 8.74. The highest BCUT2D eigenvalue weighted by atomic mass is 16.5. The van der Waals surface area contributed by atoms with Gasteiger partial charge in [0.1, 0.15) is 17.6 Å². The van der Waals surface area contributed by atoms with E-state index in [2.05, 4.69) is 4.98 Å². The number of aromatic nitrogens is 1. The van der Waals surface area contributed by atoms with Crippen LogP contribution in [0.2, 0.25) is 0 Å². The number of ether oxygens (including phenoxy) is 2. The van der Waals surface area contributed by atoms with E-state index in [0.29, 0.717) is 18.7 Å². The summed E-state index contributed by atoms with van der Waals surface area (Å²) in [6.07, 6.45) is 5.37. The van der Waals surface area contributed by atoms with Crippen molar-refractivity contribution in [3.63, 3.8) is 0 Å². The first-order chi connectivity index (χ1) is 12.1. The van der Waals surface area contributed by atoms with Crippen molar-refractivity contribution >= 4 is 5.91 Å². The highest BCUT2D eigenvalue weighted by Crippen LogP contribution is 2.20. The quantitative estimate of drug-likeness (QED) is 0.835. The van der Waals surface area contributed by atoms with Crippen molar-refractivity contribution in [2.45, 2.75) is 38.9 Å². The zero-order chi connectivity index (χ0) is 17.6. The number of hydrogen-bond donors (Lipinski definition) is 0. The van der Waals surface area contributed by atoms with Crippen LogP contribution in [-0.4, -0.2) is 41.1 Å². The number of likely N-dealkylation sites (tertiary alicyclic amines) is 1. The summed E-state index contributed by atoms with van der Waals surface area (Å²) in [4.78, 5) is 18.6. The summed E-state index contributed by atoms with van der Waals surface area (Å²) < 4.78 is 11.5. The van der Waals surface area contributed by atoms with E-state index in [1.54, 1.807) is 12.4 Å². The molecule has 0 saturated carbocycles. The van der Waals surface area contributed by atoms with Gasteiger partial charge in [-0.05, 0) is 50.2 Å². The maximum Gasteiger partial charge on any atom is 0.253 e. The van der Waals surface area contributed by atoms with Gasteiger partial charge in [0.15, 0.2) is 0 Å². The summed E-state index contributed by atoms with van der Waals surface area (Å²) in [7, 11) is 0. The second-order valence-corrected chi connectivity index (χ2v) is 6.49. The molecule has 132 valence electrons. The molecule has 1 fully saturated rings. The van der Waals surface area contributed by atoms with Gasteiger partial charge in [-0.25, -0.2) is 0 Å². The lowest BCUT2D eigenvalue weighted by Gasteiger charge is -2.32. The monoisotopic (exact) mass is 340 g/mol. The summed E-state index contributed by atoms with van der Waals surface area (Å²) in [5, 5.41) is 0. The lowest BCUT2D eigenvalue weighted by Crippen LogP contribution is -2.41. The Labute approximate surface area is 148 Å². The predicted octanol–water partition coefficient (Wildman–Crippen LogP) is 3.55. The highest BCUT2D eigenvalue weighted by Gasteiger charge is 2.24. The highest BCUT2D eigenvalue weighted by molar-refractivity contribution is 5.94. The van der Waals surface area contributed by atoms with E-state index in [1.807, 2.05) is 55.1 Å². The number of carbonyl (C=O) groups is 1. The lowest BCUT2D eigenvalue weighted by molar-refractivity contribution is 0.0595. The number of hydrogen-bond acceptors (Lipinski definition) is 4. The van der Waals surface area contributed by atoms with Gasteiger partial charge in [-0.1, -0.05) is 0 Å². The molecule has 0 atom stereocenters. The Bertz CT molecular complexity index is 678. The molecule has 3 rings (SSSR count). The number of benzene rings is 1. The normalized spacial score (nSPS) is 15.2. The van der Waals surface area contributed by atoms with Crippen LogP contribution in [0.1, 0.15) is 37.0 Å². The van der Waals surface area contributed by atoms with Crippen molar-refractivity contribution in [1.29, 1.82) is 0 Å². The molecule has 1 aromatic heterocycles. The second-order valence-electron chi connectivity index (χ2n) is 6.49. The summed E-state index contributed by atoms with van der Waals surface area (Å²) in [6, 6.07) is 11.1.